The second-order valence-electron chi connectivity index (χ2n) is 4.67. The molecule has 0 aliphatic rings. The quantitative estimate of drug-likeness (QED) is 0.873. The number of aromatic hydroxyl groups is 1. The highest BCUT2D eigenvalue weighted by atomic mass is 16.5. The van der Waals surface area contributed by atoms with Gasteiger partial charge in [-0.25, -0.2) is 0 Å². The average Bonchev–Trinajstić information content (AvgIpc) is 2.39. The first-order valence-corrected chi connectivity index (χ1v) is 6.30. The highest BCUT2D eigenvalue weighted by Gasteiger charge is 2.09. The van der Waals surface area contributed by atoms with E-state index in [1.165, 1.54) is 5.56 Å². The number of rotatable bonds is 4. The lowest BCUT2D eigenvalue weighted by Crippen LogP contribution is -2.06. The van der Waals surface area contributed by atoms with Gasteiger partial charge in [0.2, 0.25) is 0 Å². The summed E-state index contributed by atoms with van der Waals surface area (Å²) in [6.45, 7) is 4.15. The van der Waals surface area contributed by atoms with Gasteiger partial charge < -0.3 is 15.2 Å². The minimum atomic E-state index is 0.135. The zero-order valence-corrected chi connectivity index (χ0v) is 11.5. The molecule has 2 rings (SSSR count). The van der Waals surface area contributed by atoms with E-state index in [2.05, 4.69) is 31.3 Å². The average molecular weight is 257 g/mol. The summed E-state index contributed by atoms with van der Waals surface area (Å²) in [4.78, 5) is 0. The topological polar surface area (TPSA) is 41.5 Å². The fraction of sp³-hybridized carbons (Fsp3) is 0.250. The Morgan fingerprint density at radius 2 is 1.95 bits per heavy atom. The molecule has 0 heterocycles. The molecule has 100 valence electrons. The van der Waals surface area contributed by atoms with E-state index in [1.54, 1.807) is 13.2 Å². The van der Waals surface area contributed by atoms with Crippen LogP contribution in [0.3, 0.4) is 0 Å². The summed E-state index contributed by atoms with van der Waals surface area (Å²) in [7, 11) is 1.55. The molecule has 0 fully saturated rings. The Balaban J connectivity index is 2.18. The highest BCUT2D eigenvalue weighted by Crippen LogP contribution is 2.30. The maximum atomic E-state index is 9.60. The maximum Gasteiger partial charge on any atom is 0.160 e. The number of phenolic OH excluding ortho intramolecular Hbond substituents is 1. The van der Waals surface area contributed by atoms with E-state index in [1.807, 2.05) is 24.3 Å². The van der Waals surface area contributed by atoms with Gasteiger partial charge >= 0.3 is 0 Å². The minimum Gasteiger partial charge on any atom is -0.504 e. The van der Waals surface area contributed by atoms with E-state index in [9.17, 15) is 5.11 Å². The first kappa shape index (κ1) is 13.3. The van der Waals surface area contributed by atoms with Gasteiger partial charge in [0, 0.05) is 11.7 Å². The second kappa shape index (κ2) is 5.65. The van der Waals surface area contributed by atoms with E-state index in [4.69, 9.17) is 4.74 Å². The standard InChI is InChI=1S/C16H19NO2/c1-11-5-4-6-14(9-11)17-12(2)13-7-8-15(18)16(10-13)19-3/h4-10,12,17-18H,1-3H3. The fourth-order valence-corrected chi connectivity index (χ4v) is 2.03. The molecule has 0 bridgehead atoms. The number of methoxy groups -OCH3 is 1. The van der Waals surface area contributed by atoms with Crippen molar-refractivity contribution in [2.75, 3.05) is 12.4 Å². The number of hydrogen-bond donors (Lipinski definition) is 2. The van der Waals surface area contributed by atoms with Gasteiger partial charge in [-0.2, -0.15) is 0 Å². The normalized spacial score (nSPS) is 11.9. The van der Waals surface area contributed by atoms with Crippen LogP contribution in [0, 0.1) is 6.92 Å². The first-order valence-electron chi connectivity index (χ1n) is 6.30. The van der Waals surface area contributed by atoms with Crippen molar-refractivity contribution >= 4 is 5.69 Å². The number of nitrogens with one attached hydrogen (secondary N) is 1. The Hall–Kier alpha value is -2.16. The third-order valence-corrected chi connectivity index (χ3v) is 3.11. The molecule has 2 aromatic carbocycles. The lowest BCUT2D eigenvalue weighted by molar-refractivity contribution is 0.373. The summed E-state index contributed by atoms with van der Waals surface area (Å²) in [6, 6.07) is 13.8. The lowest BCUT2D eigenvalue weighted by Gasteiger charge is -2.17. The summed E-state index contributed by atoms with van der Waals surface area (Å²) in [5.74, 6) is 0.657. The smallest absolute Gasteiger partial charge is 0.160 e. The lowest BCUT2D eigenvalue weighted by atomic mass is 10.1. The van der Waals surface area contributed by atoms with Crippen LogP contribution in [0.5, 0.6) is 11.5 Å². The third kappa shape index (κ3) is 3.19. The SMILES string of the molecule is COc1cc(C(C)Nc2cccc(C)c2)ccc1O. The molecule has 0 amide bonds. The van der Waals surface area contributed by atoms with Gasteiger partial charge in [-0.3, -0.25) is 0 Å². The zero-order valence-electron chi connectivity index (χ0n) is 11.5. The van der Waals surface area contributed by atoms with Gasteiger partial charge in [0.25, 0.3) is 0 Å². The van der Waals surface area contributed by atoms with Crippen LogP contribution in [0.25, 0.3) is 0 Å². The van der Waals surface area contributed by atoms with E-state index in [-0.39, 0.29) is 11.8 Å². The van der Waals surface area contributed by atoms with Crippen molar-refractivity contribution in [3.63, 3.8) is 0 Å². The number of hydrogen-bond acceptors (Lipinski definition) is 3. The number of phenols is 1. The van der Waals surface area contributed by atoms with Gasteiger partial charge in [0.15, 0.2) is 11.5 Å². The fourth-order valence-electron chi connectivity index (χ4n) is 2.03. The molecule has 0 aliphatic heterocycles. The van der Waals surface area contributed by atoms with Crippen molar-refractivity contribution in [3.8, 4) is 11.5 Å². The molecule has 0 saturated heterocycles. The minimum absolute atomic E-state index is 0.135. The molecule has 0 saturated carbocycles. The van der Waals surface area contributed by atoms with Crippen molar-refractivity contribution in [1.82, 2.24) is 0 Å². The predicted molar refractivity (Wildman–Crippen MR) is 77.9 cm³/mol. The molecule has 0 radical (unpaired) electrons. The summed E-state index contributed by atoms with van der Waals surface area (Å²) >= 11 is 0. The Bertz CT molecular complexity index is 566. The summed E-state index contributed by atoms with van der Waals surface area (Å²) in [6.07, 6.45) is 0. The van der Waals surface area contributed by atoms with E-state index < -0.39 is 0 Å². The molecule has 0 aromatic heterocycles. The number of benzene rings is 2. The van der Waals surface area contributed by atoms with Crippen LogP contribution in [0.4, 0.5) is 5.69 Å². The van der Waals surface area contributed by atoms with Crippen LogP contribution in [0.2, 0.25) is 0 Å². The van der Waals surface area contributed by atoms with Crippen molar-refractivity contribution in [2.45, 2.75) is 19.9 Å². The summed E-state index contributed by atoms with van der Waals surface area (Å²) in [5.41, 5.74) is 3.37. The summed E-state index contributed by atoms with van der Waals surface area (Å²) < 4.78 is 5.13. The second-order valence-corrected chi connectivity index (χ2v) is 4.67. The van der Waals surface area contributed by atoms with Crippen LogP contribution in [0.1, 0.15) is 24.1 Å². The van der Waals surface area contributed by atoms with Crippen molar-refractivity contribution < 1.29 is 9.84 Å². The molecule has 2 aromatic rings. The molecule has 3 heteroatoms. The Labute approximate surface area is 113 Å². The van der Waals surface area contributed by atoms with E-state index >= 15 is 0 Å². The summed E-state index contributed by atoms with van der Waals surface area (Å²) in [5, 5.41) is 13.0. The van der Waals surface area contributed by atoms with Crippen molar-refractivity contribution in [2.24, 2.45) is 0 Å². The van der Waals surface area contributed by atoms with Crippen LogP contribution >= 0.6 is 0 Å². The maximum absolute atomic E-state index is 9.60. The van der Waals surface area contributed by atoms with Gasteiger partial charge in [-0.1, -0.05) is 18.2 Å². The molecule has 3 nitrogen and oxygen atoms in total. The highest BCUT2D eigenvalue weighted by molar-refractivity contribution is 5.49. The van der Waals surface area contributed by atoms with E-state index in [0.717, 1.165) is 11.3 Å². The predicted octanol–water partition coefficient (Wildman–Crippen LogP) is 3.88. The first-order chi connectivity index (χ1) is 9.10. The van der Waals surface area contributed by atoms with Gasteiger partial charge in [-0.05, 0) is 49.2 Å². The van der Waals surface area contributed by atoms with Gasteiger partial charge in [0.05, 0.1) is 7.11 Å². The number of aryl methyl sites for hydroxylation is 1. The van der Waals surface area contributed by atoms with Crippen LogP contribution in [-0.4, -0.2) is 12.2 Å². The largest absolute Gasteiger partial charge is 0.504 e. The van der Waals surface area contributed by atoms with Crippen molar-refractivity contribution in [3.05, 3.63) is 53.6 Å². The monoisotopic (exact) mass is 257 g/mol. The van der Waals surface area contributed by atoms with Crippen LogP contribution < -0.4 is 10.1 Å². The molecule has 1 unspecified atom stereocenters. The molecule has 0 spiro atoms. The molecule has 0 aliphatic carbocycles. The molecular formula is C16H19NO2. The zero-order chi connectivity index (χ0) is 13.8. The van der Waals surface area contributed by atoms with Gasteiger partial charge in [0.1, 0.15) is 0 Å². The number of ether oxygens (including phenoxy) is 1. The third-order valence-electron chi connectivity index (χ3n) is 3.11. The Kier molecular flexibility index (Phi) is 3.95. The number of anilines is 1. The molecule has 1 atom stereocenters. The Morgan fingerprint density at radius 3 is 2.63 bits per heavy atom. The van der Waals surface area contributed by atoms with Crippen molar-refractivity contribution in [1.29, 1.82) is 0 Å². The Morgan fingerprint density at radius 1 is 1.16 bits per heavy atom. The molecule has 19 heavy (non-hydrogen) atoms. The van der Waals surface area contributed by atoms with Crippen LogP contribution in [-0.2, 0) is 0 Å². The van der Waals surface area contributed by atoms with Gasteiger partial charge in [-0.15, -0.1) is 0 Å². The molecule has 2 N–H and O–H groups in total. The molecular weight excluding hydrogens is 238 g/mol. The van der Waals surface area contributed by atoms with Crippen LogP contribution in [0.15, 0.2) is 42.5 Å². The van der Waals surface area contributed by atoms with E-state index in [0.29, 0.717) is 5.75 Å².